The molecule has 5 rings (SSSR count). The molecule has 134 valence electrons. The molecule has 26 heavy (non-hydrogen) atoms. The smallest absolute Gasteiger partial charge is 0.290 e. The van der Waals surface area contributed by atoms with Crippen molar-refractivity contribution < 1.29 is 9.90 Å². The molecule has 1 aliphatic carbocycles. The molecule has 1 saturated carbocycles. The summed E-state index contributed by atoms with van der Waals surface area (Å²) < 4.78 is 0. The number of β-amino-alcohol motifs (C(OH)–C–C–N with tert-alkyl or cyclic N) is 1. The zero-order valence-electron chi connectivity index (χ0n) is 14.6. The Bertz CT molecular complexity index is 826. The Labute approximate surface area is 152 Å². The Morgan fingerprint density at radius 3 is 2.58 bits per heavy atom. The molecule has 1 amide bonds. The third kappa shape index (κ3) is 2.44. The first-order valence-corrected chi connectivity index (χ1v) is 9.29. The summed E-state index contributed by atoms with van der Waals surface area (Å²) in [6.07, 6.45) is 8.03. The highest BCUT2D eigenvalue weighted by Gasteiger charge is 2.46. The van der Waals surface area contributed by atoms with Crippen molar-refractivity contribution in [1.29, 1.82) is 5.26 Å². The third-order valence-corrected chi connectivity index (χ3v) is 6.34. The number of nitrogens with zero attached hydrogens (tertiary/aromatic N) is 5. The van der Waals surface area contributed by atoms with Crippen LogP contribution in [0.15, 0.2) is 32.9 Å². The number of likely N-dealkylation sites (tertiary alicyclic amines) is 2. The van der Waals surface area contributed by atoms with Crippen LogP contribution in [-0.4, -0.2) is 71.2 Å². The van der Waals surface area contributed by atoms with E-state index in [1.807, 2.05) is 6.08 Å². The lowest BCUT2D eigenvalue weighted by atomic mass is 9.89. The molecule has 0 aromatic heterocycles. The lowest BCUT2D eigenvalue weighted by Crippen LogP contribution is -2.55. The number of piperidine rings is 1. The number of rotatable bonds is 2. The zero-order chi connectivity index (χ0) is 17.9. The lowest BCUT2D eigenvalue weighted by Gasteiger charge is -2.41. The van der Waals surface area contributed by atoms with E-state index in [0.717, 1.165) is 37.2 Å². The van der Waals surface area contributed by atoms with Crippen LogP contribution in [-0.2, 0) is 4.79 Å². The number of nitriles is 1. The normalized spacial score (nSPS) is 30.5. The molecule has 1 N–H and O–H groups in total. The summed E-state index contributed by atoms with van der Waals surface area (Å²) in [6, 6.07) is 2.09. The van der Waals surface area contributed by atoms with Crippen molar-refractivity contribution in [2.75, 3.05) is 26.2 Å². The van der Waals surface area contributed by atoms with Gasteiger partial charge in [0.2, 0.25) is 0 Å². The van der Waals surface area contributed by atoms with Crippen molar-refractivity contribution in [3.63, 3.8) is 0 Å². The molecule has 4 heterocycles. The van der Waals surface area contributed by atoms with Gasteiger partial charge in [-0.05, 0) is 37.2 Å². The fraction of sp³-hybridized carbons (Fsp3) is 0.579. The molecule has 1 atom stereocenters. The molecule has 0 radical (unpaired) electrons. The SMILES string of the molecule is N#CC1=C(N2CCC3(CC2)CC3)C2=CC(N3CC(O)C3)N=CC2=NC1=O. The number of carbonyl (C=O) groups is 1. The number of hydrogen-bond acceptors (Lipinski definition) is 6. The van der Waals surface area contributed by atoms with E-state index in [0.29, 0.717) is 24.2 Å². The van der Waals surface area contributed by atoms with Crippen LogP contribution < -0.4 is 0 Å². The molecule has 1 unspecified atom stereocenters. The van der Waals surface area contributed by atoms with Gasteiger partial charge in [-0.2, -0.15) is 5.26 Å². The van der Waals surface area contributed by atoms with E-state index in [1.165, 1.54) is 12.8 Å². The van der Waals surface area contributed by atoms with E-state index in [9.17, 15) is 15.2 Å². The van der Waals surface area contributed by atoms with Crippen LogP contribution >= 0.6 is 0 Å². The predicted molar refractivity (Wildman–Crippen MR) is 95.5 cm³/mol. The molecule has 7 heteroatoms. The van der Waals surface area contributed by atoms with Gasteiger partial charge in [-0.15, -0.1) is 0 Å². The highest BCUT2D eigenvalue weighted by molar-refractivity contribution is 6.43. The predicted octanol–water partition coefficient (Wildman–Crippen LogP) is 0.635. The Balaban J connectivity index is 1.49. The van der Waals surface area contributed by atoms with Crippen LogP contribution in [0.2, 0.25) is 0 Å². The number of aliphatic hydroxyl groups excluding tert-OH is 1. The standard InChI is InChI=1S/C19H21N5O2/c20-8-14-17(23-5-3-19(1-2-19)4-6-23)13-7-16(24-10-12(25)11-24)21-9-15(13)22-18(14)26/h7,9,12,16,25H,1-6,10-11H2. The molecule has 0 aromatic carbocycles. The van der Waals surface area contributed by atoms with Gasteiger partial charge in [0, 0.05) is 31.8 Å². The molecule has 1 spiro atoms. The van der Waals surface area contributed by atoms with Crippen molar-refractivity contribution in [2.24, 2.45) is 15.4 Å². The summed E-state index contributed by atoms with van der Waals surface area (Å²) in [5.74, 6) is -0.467. The van der Waals surface area contributed by atoms with Crippen molar-refractivity contribution in [1.82, 2.24) is 9.80 Å². The third-order valence-electron chi connectivity index (χ3n) is 6.34. The minimum atomic E-state index is -0.467. The van der Waals surface area contributed by atoms with Gasteiger partial charge in [0.1, 0.15) is 17.8 Å². The summed E-state index contributed by atoms with van der Waals surface area (Å²) in [6.45, 7) is 2.94. The second-order valence-electron chi connectivity index (χ2n) is 8.00. The van der Waals surface area contributed by atoms with Gasteiger partial charge in [0.15, 0.2) is 0 Å². The first kappa shape index (κ1) is 15.9. The summed E-state index contributed by atoms with van der Waals surface area (Å²) in [7, 11) is 0. The van der Waals surface area contributed by atoms with Crippen LogP contribution in [0.4, 0.5) is 0 Å². The second-order valence-corrected chi connectivity index (χ2v) is 8.00. The van der Waals surface area contributed by atoms with E-state index in [2.05, 4.69) is 25.9 Å². The Kier molecular flexibility index (Phi) is 3.43. The van der Waals surface area contributed by atoms with Crippen molar-refractivity contribution in [3.8, 4) is 6.07 Å². The number of dihydropyridines is 2. The number of fused-ring (bicyclic) bond motifs is 1. The highest BCUT2D eigenvalue weighted by Crippen LogP contribution is 2.54. The average molecular weight is 351 g/mol. The molecule has 4 aliphatic heterocycles. The fourth-order valence-corrected chi connectivity index (χ4v) is 4.40. The van der Waals surface area contributed by atoms with Crippen LogP contribution in [0, 0.1) is 16.7 Å². The maximum Gasteiger partial charge on any atom is 0.290 e. The molecular formula is C19H21N5O2. The Hall–Kier alpha value is -2.30. The van der Waals surface area contributed by atoms with Gasteiger partial charge in [0.05, 0.1) is 23.7 Å². The largest absolute Gasteiger partial charge is 0.390 e. The van der Waals surface area contributed by atoms with E-state index in [4.69, 9.17) is 0 Å². The maximum absolute atomic E-state index is 12.4. The molecule has 5 aliphatic rings. The molecule has 0 aromatic rings. The summed E-state index contributed by atoms with van der Waals surface area (Å²) in [5.41, 5.74) is 2.79. The molecular weight excluding hydrogens is 330 g/mol. The van der Waals surface area contributed by atoms with E-state index < -0.39 is 5.91 Å². The van der Waals surface area contributed by atoms with Crippen LogP contribution in [0.3, 0.4) is 0 Å². The fourth-order valence-electron chi connectivity index (χ4n) is 4.40. The number of aliphatic imine (C=N–C) groups is 2. The van der Waals surface area contributed by atoms with Crippen LogP contribution in [0.25, 0.3) is 0 Å². The van der Waals surface area contributed by atoms with Gasteiger partial charge in [-0.1, -0.05) is 0 Å². The first-order chi connectivity index (χ1) is 12.6. The van der Waals surface area contributed by atoms with Crippen molar-refractivity contribution >= 4 is 17.8 Å². The summed E-state index contributed by atoms with van der Waals surface area (Å²) in [4.78, 5) is 25.2. The van der Waals surface area contributed by atoms with E-state index in [1.54, 1.807) is 6.21 Å². The van der Waals surface area contributed by atoms with Gasteiger partial charge >= 0.3 is 0 Å². The van der Waals surface area contributed by atoms with Crippen LogP contribution in [0.5, 0.6) is 0 Å². The maximum atomic E-state index is 12.4. The Morgan fingerprint density at radius 2 is 1.96 bits per heavy atom. The van der Waals surface area contributed by atoms with Crippen molar-refractivity contribution in [2.45, 2.75) is 38.0 Å². The number of allylic oxidation sites excluding steroid dienone is 1. The average Bonchev–Trinajstić information content (AvgIpc) is 3.37. The number of amides is 1. The van der Waals surface area contributed by atoms with Gasteiger partial charge in [0.25, 0.3) is 5.91 Å². The topological polar surface area (TPSA) is 92.3 Å². The zero-order valence-corrected chi connectivity index (χ0v) is 14.6. The van der Waals surface area contributed by atoms with Gasteiger partial charge in [-0.3, -0.25) is 14.7 Å². The number of carbonyl (C=O) groups excluding carboxylic acids is 1. The van der Waals surface area contributed by atoms with E-state index >= 15 is 0 Å². The van der Waals surface area contributed by atoms with Gasteiger partial charge < -0.3 is 10.0 Å². The summed E-state index contributed by atoms with van der Waals surface area (Å²) >= 11 is 0. The minimum Gasteiger partial charge on any atom is -0.390 e. The first-order valence-electron chi connectivity index (χ1n) is 9.29. The second kappa shape index (κ2) is 5.60. The number of hydrogen-bond donors (Lipinski definition) is 1. The minimum absolute atomic E-state index is 0.143. The Morgan fingerprint density at radius 1 is 1.23 bits per heavy atom. The highest BCUT2D eigenvalue weighted by atomic mass is 16.3. The molecule has 2 saturated heterocycles. The van der Waals surface area contributed by atoms with Crippen LogP contribution in [0.1, 0.15) is 25.7 Å². The molecule has 3 fully saturated rings. The van der Waals surface area contributed by atoms with E-state index in [-0.39, 0.29) is 17.8 Å². The molecule has 7 nitrogen and oxygen atoms in total. The monoisotopic (exact) mass is 351 g/mol. The van der Waals surface area contributed by atoms with Crippen molar-refractivity contribution in [3.05, 3.63) is 22.9 Å². The molecule has 0 bridgehead atoms. The number of aliphatic hydroxyl groups is 1. The van der Waals surface area contributed by atoms with Gasteiger partial charge in [-0.25, -0.2) is 4.99 Å². The quantitative estimate of drug-likeness (QED) is 0.788. The summed E-state index contributed by atoms with van der Waals surface area (Å²) in [5, 5.41) is 19.2. The lowest BCUT2D eigenvalue weighted by molar-refractivity contribution is -0.114.